The van der Waals surface area contributed by atoms with Crippen molar-refractivity contribution in [3.63, 3.8) is 0 Å². The van der Waals surface area contributed by atoms with E-state index < -0.39 is 28.4 Å². The Labute approximate surface area is 165 Å². The first kappa shape index (κ1) is 19.7. The Kier molecular flexibility index (Phi) is 5.57. The summed E-state index contributed by atoms with van der Waals surface area (Å²) in [5, 5.41) is 23.7. The number of nitro groups is 1. The van der Waals surface area contributed by atoms with E-state index in [0.717, 1.165) is 4.88 Å². The second kappa shape index (κ2) is 7.91. The number of rotatable bonds is 6. The predicted molar refractivity (Wildman–Crippen MR) is 105 cm³/mol. The molecule has 1 aliphatic heterocycles. The number of non-ortho nitro benzene ring substituents is 1. The number of hydrogen-bond donors (Lipinski definition) is 1. The van der Waals surface area contributed by atoms with Crippen LogP contribution in [0.5, 0.6) is 0 Å². The zero-order chi connectivity index (χ0) is 20.4. The van der Waals surface area contributed by atoms with Gasteiger partial charge in [0.15, 0.2) is 0 Å². The number of likely N-dealkylation sites (tertiary alicyclic amines) is 1. The summed E-state index contributed by atoms with van der Waals surface area (Å²) in [5.74, 6) is -1.89. The first-order valence-electron chi connectivity index (χ1n) is 8.52. The van der Waals surface area contributed by atoms with Crippen LogP contribution in [0.2, 0.25) is 0 Å². The van der Waals surface area contributed by atoms with E-state index in [9.17, 15) is 24.8 Å². The summed E-state index contributed by atoms with van der Waals surface area (Å²) in [4.78, 5) is 39.9. The van der Waals surface area contributed by atoms with Crippen LogP contribution in [0.1, 0.15) is 16.5 Å². The van der Waals surface area contributed by atoms with Crippen LogP contribution in [0.25, 0.3) is 5.76 Å². The Hall–Kier alpha value is -3.04. The van der Waals surface area contributed by atoms with Crippen molar-refractivity contribution in [1.29, 1.82) is 0 Å². The monoisotopic (exact) mass is 401 g/mol. The largest absolute Gasteiger partial charge is 0.507 e. The first-order valence-corrected chi connectivity index (χ1v) is 9.40. The number of aliphatic hydroxyl groups is 1. The van der Waals surface area contributed by atoms with Crippen LogP contribution < -0.4 is 0 Å². The van der Waals surface area contributed by atoms with Gasteiger partial charge in [0.05, 0.1) is 16.5 Å². The molecule has 0 spiro atoms. The topological polar surface area (TPSA) is 104 Å². The van der Waals surface area contributed by atoms with Gasteiger partial charge in [-0.3, -0.25) is 19.7 Å². The maximum absolute atomic E-state index is 12.7. The Morgan fingerprint density at radius 1 is 1.29 bits per heavy atom. The van der Waals surface area contributed by atoms with Crippen LogP contribution >= 0.6 is 11.3 Å². The molecular weight excluding hydrogens is 382 g/mol. The van der Waals surface area contributed by atoms with Crippen molar-refractivity contribution in [2.75, 3.05) is 27.2 Å². The van der Waals surface area contributed by atoms with Crippen molar-refractivity contribution >= 4 is 34.5 Å². The Morgan fingerprint density at radius 2 is 2.04 bits per heavy atom. The number of Topliss-reactive ketones (excluding diaryl/α,β-unsaturated/α-hetero) is 1. The van der Waals surface area contributed by atoms with Gasteiger partial charge in [-0.1, -0.05) is 18.2 Å². The zero-order valence-electron chi connectivity index (χ0n) is 15.4. The molecule has 1 unspecified atom stereocenters. The lowest BCUT2D eigenvalue weighted by molar-refractivity contribution is -0.384. The highest BCUT2D eigenvalue weighted by Crippen LogP contribution is 2.41. The van der Waals surface area contributed by atoms with Gasteiger partial charge in [-0.05, 0) is 25.5 Å². The molecule has 1 N–H and O–H groups in total. The fourth-order valence-corrected chi connectivity index (χ4v) is 3.93. The predicted octanol–water partition coefficient (Wildman–Crippen LogP) is 2.64. The molecule has 3 rings (SSSR count). The lowest BCUT2D eigenvalue weighted by Crippen LogP contribution is -2.35. The van der Waals surface area contributed by atoms with Crippen LogP contribution in [-0.4, -0.2) is 58.7 Å². The minimum absolute atomic E-state index is 0.0493. The number of likely N-dealkylation sites (N-methyl/N-ethyl adjacent to an activating group) is 1. The van der Waals surface area contributed by atoms with E-state index in [1.165, 1.54) is 40.5 Å². The first-order chi connectivity index (χ1) is 13.3. The number of amides is 1. The summed E-state index contributed by atoms with van der Waals surface area (Å²) in [6.45, 7) is 0.859. The van der Waals surface area contributed by atoms with Gasteiger partial charge in [0.2, 0.25) is 0 Å². The average Bonchev–Trinajstić information content (AvgIpc) is 3.27. The van der Waals surface area contributed by atoms with E-state index in [1.807, 2.05) is 24.4 Å². The molecule has 1 aromatic carbocycles. The number of aliphatic hydroxyl groups excluding tert-OH is 1. The second-order valence-corrected chi connectivity index (χ2v) is 7.60. The highest BCUT2D eigenvalue weighted by atomic mass is 32.1. The van der Waals surface area contributed by atoms with Crippen molar-refractivity contribution in [2.24, 2.45) is 0 Å². The van der Waals surface area contributed by atoms with Crippen LogP contribution in [-0.2, 0) is 9.59 Å². The summed E-state index contributed by atoms with van der Waals surface area (Å²) in [5.41, 5.74) is -0.133. The van der Waals surface area contributed by atoms with Crippen molar-refractivity contribution in [3.05, 3.63) is 67.9 Å². The normalized spacial score (nSPS) is 18.8. The van der Waals surface area contributed by atoms with Crippen LogP contribution in [0.4, 0.5) is 5.69 Å². The Bertz CT molecular complexity index is 952. The fourth-order valence-electron chi connectivity index (χ4n) is 3.08. The van der Waals surface area contributed by atoms with Crippen molar-refractivity contribution in [1.82, 2.24) is 9.80 Å². The molecule has 1 fully saturated rings. The SMILES string of the molecule is CN(C)CCN1C(=O)C(=O)/C(=C(\O)c2cccc([N+](=O)[O-])c2)C1c1cccs1. The summed E-state index contributed by atoms with van der Waals surface area (Å²) in [6, 6.07) is 8.26. The smallest absolute Gasteiger partial charge is 0.295 e. The third-order valence-electron chi connectivity index (χ3n) is 4.47. The van der Waals surface area contributed by atoms with E-state index in [2.05, 4.69) is 0 Å². The summed E-state index contributed by atoms with van der Waals surface area (Å²) in [6.07, 6.45) is 0. The summed E-state index contributed by atoms with van der Waals surface area (Å²) >= 11 is 1.37. The highest BCUT2D eigenvalue weighted by molar-refractivity contribution is 7.10. The third kappa shape index (κ3) is 3.67. The van der Waals surface area contributed by atoms with Gasteiger partial charge < -0.3 is 14.9 Å². The van der Waals surface area contributed by atoms with Gasteiger partial charge in [-0.25, -0.2) is 0 Å². The number of carbonyl (C=O) groups is 2. The standard InChI is InChI=1S/C19H19N3O5S/c1-20(2)8-9-21-16(14-7-4-10-28-14)15(18(24)19(21)25)17(23)12-5-3-6-13(11-12)22(26)27/h3-7,10-11,16,23H,8-9H2,1-2H3/b17-15-. The number of nitro benzene ring substituents is 1. The number of ketones is 1. The van der Waals surface area contributed by atoms with Gasteiger partial charge in [0.25, 0.3) is 17.4 Å². The second-order valence-electron chi connectivity index (χ2n) is 6.62. The van der Waals surface area contributed by atoms with Gasteiger partial charge in [0.1, 0.15) is 5.76 Å². The van der Waals surface area contributed by atoms with Crippen LogP contribution in [0, 0.1) is 10.1 Å². The molecule has 2 heterocycles. The molecule has 1 atom stereocenters. The lowest BCUT2D eigenvalue weighted by atomic mass is 9.99. The number of thiophene rings is 1. The van der Waals surface area contributed by atoms with Crippen LogP contribution in [0.3, 0.4) is 0 Å². The van der Waals surface area contributed by atoms with Crippen molar-refractivity contribution < 1.29 is 19.6 Å². The van der Waals surface area contributed by atoms with Crippen molar-refractivity contribution in [2.45, 2.75) is 6.04 Å². The minimum atomic E-state index is -0.791. The molecule has 9 heteroatoms. The molecule has 0 bridgehead atoms. The molecule has 0 saturated carbocycles. The minimum Gasteiger partial charge on any atom is -0.507 e. The molecule has 1 aromatic heterocycles. The zero-order valence-corrected chi connectivity index (χ0v) is 16.2. The lowest BCUT2D eigenvalue weighted by Gasteiger charge is -2.25. The van der Waals surface area contributed by atoms with Gasteiger partial charge in [0, 0.05) is 35.7 Å². The molecule has 0 aliphatic carbocycles. The molecule has 2 aromatic rings. The molecule has 1 aliphatic rings. The summed E-state index contributed by atoms with van der Waals surface area (Å²) < 4.78 is 0. The number of nitrogens with zero attached hydrogens (tertiary/aromatic N) is 3. The molecule has 1 amide bonds. The molecule has 28 heavy (non-hydrogen) atoms. The Balaban J connectivity index is 2.12. The van der Waals surface area contributed by atoms with Crippen LogP contribution in [0.15, 0.2) is 47.4 Å². The third-order valence-corrected chi connectivity index (χ3v) is 5.40. The Morgan fingerprint density at radius 3 is 2.64 bits per heavy atom. The van der Waals surface area contributed by atoms with Gasteiger partial charge in [-0.15, -0.1) is 11.3 Å². The fraction of sp³-hybridized carbons (Fsp3) is 0.263. The molecule has 8 nitrogen and oxygen atoms in total. The van der Waals surface area contributed by atoms with E-state index >= 15 is 0 Å². The average molecular weight is 401 g/mol. The number of benzene rings is 1. The van der Waals surface area contributed by atoms with Crippen molar-refractivity contribution in [3.8, 4) is 0 Å². The molecule has 1 saturated heterocycles. The van der Waals surface area contributed by atoms with Gasteiger partial charge >= 0.3 is 0 Å². The molecule has 0 radical (unpaired) electrons. The maximum Gasteiger partial charge on any atom is 0.295 e. The molecular formula is C19H19N3O5S. The summed E-state index contributed by atoms with van der Waals surface area (Å²) in [7, 11) is 3.72. The maximum atomic E-state index is 12.7. The highest BCUT2D eigenvalue weighted by Gasteiger charge is 2.46. The van der Waals surface area contributed by atoms with E-state index in [-0.39, 0.29) is 16.8 Å². The number of carbonyl (C=O) groups excluding carboxylic acids is 2. The van der Waals surface area contributed by atoms with E-state index in [0.29, 0.717) is 13.1 Å². The van der Waals surface area contributed by atoms with E-state index in [4.69, 9.17) is 0 Å². The van der Waals surface area contributed by atoms with E-state index in [1.54, 1.807) is 12.1 Å². The number of hydrogen-bond acceptors (Lipinski definition) is 7. The quantitative estimate of drug-likeness (QED) is 0.262. The molecule has 146 valence electrons. The van der Waals surface area contributed by atoms with Gasteiger partial charge in [-0.2, -0.15) is 0 Å².